The number of nitrogens with two attached hydrogens (primary N) is 1. The third-order valence-corrected chi connectivity index (χ3v) is 3.03. The number of carboxylic acid groups (broad SMARTS) is 1. The van der Waals surface area contributed by atoms with Crippen LogP contribution in [0, 0.1) is 0 Å². The van der Waals surface area contributed by atoms with E-state index in [2.05, 4.69) is 14.9 Å². The van der Waals surface area contributed by atoms with Crippen LogP contribution in [-0.2, 0) is 14.3 Å². The van der Waals surface area contributed by atoms with Crippen LogP contribution in [0.25, 0.3) is 11.3 Å². The molecule has 0 spiro atoms. The number of aromatic amines is 1. The van der Waals surface area contributed by atoms with Crippen LogP contribution >= 0.6 is 0 Å². The molecule has 0 aliphatic carbocycles. The van der Waals surface area contributed by atoms with E-state index in [1.54, 1.807) is 0 Å². The van der Waals surface area contributed by atoms with Gasteiger partial charge in [-0.05, 0) is 0 Å². The summed E-state index contributed by atoms with van der Waals surface area (Å²) >= 11 is 0. The first-order valence-corrected chi connectivity index (χ1v) is 6.04. The highest BCUT2D eigenvalue weighted by Gasteiger charge is 2.27. The number of carboxylic acids is 1. The van der Waals surface area contributed by atoms with Gasteiger partial charge in [0.05, 0.1) is 19.1 Å². The van der Waals surface area contributed by atoms with E-state index in [1.165, 1.54) is 6.20 Å². The van der Waals surface area contributed by atoms with Crippen LogP contribution in [-0.4, -0.2) is 44.8 Å². The molecule has 0 aromatic rings. The Labute approximate surface area is 122 Å². The summed E-state index contributed by atoms with van der Waals surface area (Å²) in [5.74, 6) is -2.97. The van der Waals surface area contributed by atoms with Gasteiger partial charge in [-0.25, -0.2) is 14.7 Å². The summed E-state index contributed by atoms with van der Waals surface area (Å²) in [7, 11) is 1.13. The second kappa shape index (κ2) is 5.68. The van der Waals surface area contributed by atoms with E-state index in [9.17, 15) is 24.3 Å². The average molecular weight is 308 g/mol. The molecule has 1 amide bonds. The fourth-order valence-electron chi connectivity index (χ4n) is 2.01. The molecule has 10 nitrogen and oxygen atoms in total. The quantitative estimate of drug-likeness (QED) is 0.595. The normalized spacial score (nSPS) is 12.0. The first-order valence-electron chi connectivity index (χ1n) is 6.04. The van der Waals surface area contributed by atoms with Gasteiger partial charge in [-0.3, -0.25) is 9.59 Å². The van der Waals surface area contributed by atoms with Crippen LogP contribution in [0.15, 0.2) is 17.2 Å². The van der Waals surface area contributed by atoms with E-state index in [1.807, 2.05) is 0 Å². The lowest BCUT2D eigenvalue weighted by Crippen LogP contribution is -2.26. The Bertz CT molecular complexity index is 776. The fourth-order valence-corrected chi connectivity index (χ4v) is 2.01. The predicted octanol–water partition coefficient (Wildman–Crippen LogP) is -1.04. The lowest BCUT2D eigenvalue weighted by atomic mass is 10.1. The van der Waals surface area contributed by atoms with Crippen LogP contribution in [0.3, 0.4) is 0 Å². The Hall–Kier alpha value is -3.17. The number of H-pyrrole nitrogens is 1. The number of methoxy groups -OCH3 is 1. The van der Waals surface area contributed by atoms with Crippen molar-refractivity contribution in [1.29, 1.82) is 0 Å². The van der Waals surface area contributed by atoms with E-state index in [-0.39, 0.29) is 16.8 Å². The summed E-state index contributed by atoms with van der Waals surface area (Å²) in [4.78, 5) is 45.8. The molecule has 0 saturated heterocycles. The molecule has 10 heteroatoms. The lowest BCUT2D eigenvalue weighted by molar-refractivity contribution is -0.142. The van der Waals surface area contributed by atoms with Crippen molar-refractivity contribution < 1.29 is 24.2 Å². The molecule has 0 aromatic heterocycles. The van der Waals surface area contributed by atoms with Crippen molar-refractivity contribution in [2.24, 2.45) is 5.73 Å². The Balaban J connectivity index is 2.67. The maximum absolute atomic E-state index is 11.8. The molecular weight excluding hydrogens is 296 g/mol. The first-order chi connectivity index (χ1) is 10.3. The minimum atomic E-state index is -1.36. The van der Waals surface area contributed by atoms with Crippen molar-refractivity contribution in [2.45, 2.75) is 12.5 Å². The maximum atomic E-state index is 11.8. The number of esters is 1. The number of fused-ring (bicyclic) bond motifs is 1. The summed E-state index contributed by atoms with van der Waals surface area (Å²) in [5.41, 5.74) is 4.38. The van der Waals surface area contributed by atoms with Crippen molar-refractivity contribution in [3.05, 3.63) is 28.3 Å². The second-order valence-electron chi connectivity index (χ2n) is 4.45. The molecule has 0 aromatic carbocycles. The lowest BCUT2D eigenvalue weighted by Gasteiger charge is -2.17. The van der Waals surface area contributed by atoms with E-state index < -0.39 is 35.9 Å². The summed E-state index contributed by atoms with van der Waals surface area (Å²) in [6.07, 6.45) is 1.84. The second-order valence-corrected chi connectivity index (χ2v) is 4.45. The van der Waals surface area contributed by atoms with E-state index >= 15 is 0 Å². The number of aromatic nitrogens is 3. The summed E-state index contributed by atoms with van der Waals surface area (Å²) in [6.45, 7) is 0. The van der Waals surface area contributed by atoms with E-state index in [0.717, 1.165) is 17.9 Å². The van der Waals surface area contributed by atoms with Crippen molar-refractivity contribution in [1.82, 2.24) is 14.8 Å². The molecular formula is C12H12N4O6. The zero-order valence-corrected chi connectivity index (χ0v) is 11.4. The standard InChI is InChI=1S/C12H12N4O6/c1-22-12(21)6-4-16(7(11(19)20)2-8(13)17)3-5-9(6)14-15-10(5)18/h3-4,7H,2H2,1H3,(H2,13,17)(H,15,18)(H,19,20)/t7-/m0/s1. The Morgan fingerprint density at radius 2 is 2.14 bits per heavy atom. The largest absolute Gasteiger partial charge is 0.480 e. The monoisotopic (exact) mass is 308 g/mol. The third-order valence-electron chi connectivity index (χ3n) is 3.03. The van der Waals surface area contributed by atoms with Gasteiger partial charge < -0.3 is 20.1 Å². The number of pyridine rings is 1. The molecule has 0 fully saturated rings. The zero-order valence-electron chi connectivity index (χ0n) is 11.4. The number of nitrogens with one attached hydrogen (secondary N) is 1. The number of aliphatic carboxylic acids is 1. The van der Waals surface area contributed by atoms with Gasteiger partial charge in [0.15, 0.2) is 0 Å². The summed E-state index contributed by atoms with van der Waals surface area (Å²) < 4.78 is 5.64. The van der Waals surface area contributed by atoms with E-state index in [0.29, 0.717) is 0 Å². The van der Waals surface area contributed by atoms with Gasteiger partial charge in [-0.1, -0.05) is 0 Å². The van der Waals surface area contributed by atoms with Crippen molar-refractivity contribution >= 4 is 17.8 Å². The van der Waals surface area contributed by atoms with Gasteiger partial charge in [0, 0.05) is 12.4 Å². The molecule has 116 valence electrons. The van der Waals surface area contributed by atoms with Gasteiger partial charge in [0.25, 0.3) is 5.56 Å². The zero-order chi connectivity index (χ0) is 16.4. The molecule has 2 rings (SSSR count). The van der Waals surface area contributed by atoms with Gasteiger partial charge in [-0.15, -0.1) is 0 Å². The van der Waals surface area contributed by atoms with Gasteiger partial charge in [0.1, 0.15) is 17.3 Å². The first kappa shape index (κ1) is 15.2. The molecule has 1 atom stereocenters. The number of nitrogens with zero attached hydrogens (tertiary/aromatic N) is 2. The summed E-state index contributed by atoms with van der Waals surface area (Å²) in [5, 5.41) is 15.1. The molecule has 0 radical (unpaired) electrons. The SMILES string of the molecule is COC(=O)c1cn([C@@H](CC(N)=O)C(=O)O)cc2c(=O)[nH]nc1-2. The van der Waals surface area contributed by atoms with Crippen LogP contribution in [0.5, 0.6) is 0 Å². The number of rotatable bonds is 5. The minimum Gasteiger partial charge on any atom is -0.480 e. The Morgan fingerprint density at radius 3 is 2.68 bits per heavy atom. The number of carbonyl (C=O) groups excluding carboxylic acids is 2. The van der Waals surface area contributed by atoms with Crippen LogP contribution in [0.1, 0.15) is 22.8 Å². The number of ether oxygens (including phenoxy) is 1. The minimum absolute atomic E-state index is 0.00128. The van der Waals surface area contributed by atoms with Crippen LogP contribution in [0.4, 0.5) is 0 Å². The molecule has 2 aliphatic heterocycles. The van der Waals surface area contributed by atoms with Gasteiger partial charge in [0.2, 0.25) is 5.91 Å². The highest BCUT2D eigenvalue weighted by Crippen LogP contribution is 2.24. The molecule has 4 N–H and O–H groups in total. The molecule has 2 aliphatic rings. The third kappa shape index (κ3) is 2.66. The number of hydrogen-bond donors (Lipinski definition) is 3. The number of hydrogen-bond acceptors (Lipinski definition) is 6. The maximum Gasteiger partial charge on any atom is 0.341 e. The van der Waals surface area contributed by atoms with Crippen LogP contribution in [0.2, 0.25) is 0 Å². The Morgan fingerprint density at radius 1 is 1.45 bits per heavy atom. The van der Waals surface area contributed by atoms with E-state index in [4.69, 9.17) is 5.73 Å². The Kier molecular flexibility index (Phi) is 3.93. The molecule has 0 unspecified atom stereocenters. The van der Waals surface area contributed by atoms with Crippen molar-refractivity contribution in [3.8, 4) is 11.3 Å². The average Bonchev–Trinajstić information content (AvgIpc) is 2.84. The van der Waals surface area contributed by atoms with Crippen molar-refractivity contribution in [3.63, 3.8) is 0 Å². The van der Waals surface area contributed by atoms with Crippen molar-refractivity contribution in [2.75, 3.05) is 7.11 Å². The van der Waals surface area contributed by atoms with Crippen LogP contribution < -0.4 is 11.3 Å². The molecule has 22 heavy (non-hydrogen) atoms. The van der Waals surface area contributed by atoms with Gasteiger partial charge in [-0.2, -0.15) is 5.10 Å². The fraction of sp³-hybridized carbons (Fsp3) is 0.250. The van der Waals surface area contributed by atoms with Gasteiger partial charge >= 0.3 is 11.9 Å². The smallest absolute Gasteiger partial charge is 0.341 e. The predicted molar refractivity (Wildman–Crippen MR) is 71.3 cm³/mol. The highest BCUT2D eigenvalue weighted by molar-refractivity contribution is 5.96. The molecule has 0 bridgehead atoms. The highest BCUT2D eigenvalue weighted by atomic mass is 16.5. The summed E-state index contributed by atoms with van der Waals surface area (Å²) in [6, 6.07) is -1.36. The molecule has 2 heterocycles. The molecule has 0 saturated carbocycles. The number of amides is 1. The topological polar surface area (TPSA) is 157 Å². The number of carbonyl (C=O) groups is 3. The number of primary amides is 1.